The Balaban J connectivity index is 1.64. The van der Waals surface area contributed by atoms with Crippen molar-refractivity contribution in [2.45, 2.75) is 38.8 Å². The molecule has 1 amide bonds. The number of rotatable bonds is 6. The fraction of sp³-hybridized carbons (Fsp3) is 0.381. The van der Waals surface area contributed by atoms with Crippen LogP contribution in [0.3, 0.4) is 0 Å². The van der Waals surface area contributed by atoms with Crippen LogP contribution in [0.5, 0.6) is 0 Å². The van der Waals surface area contributed by atoms with E-state index in [1.165, 1.54) is 0 Å². The van der Waals surface area contributed by atoms with E-state index in [-0.39, 0.29) is 17.1 Å². The first-order valence-electron chi connectivity index (χ1n) is 9.94. The molecule has 0 unspecified atom stereocenters. The number of hydrogen-bond donors (Lipinski definition) is 1. The number of fused-ring (bicyclic) bond motifs is 1. The molecule has 30 heavy (non-hydrogen) atoms. The molecule has 3 aromatic rings. The predicted molar refractivity (Wildman–Crippen MR) is 108 cm³/mol. The van der Waals surface area contributed by atoms with Gasteiger partial charge in [-0.25, -0.2) is 9.50 Å². The molecule has 1 saturated carbocycles. The first-order chi connectivity index (χ1) is 14.3. The fourth-order valence-corrected chi connectivity index (χ4v) is 3.47. The number of benzene rings is 1. The highest BCUT2D eigenvalue weighted by atomic mass is 19.4. The molecule has 2 aromatic heterocycles. The molecule has 4 rings (SSSR count). The van der Waals surface area contributed by atoms with Crippen LogP contribution >= 0.6 is 0 Å². The zero-order valence-electron chi connectivity index (χ0n) is 16.7. The van der Waals surface area contributed by atoms with Gasteiger partial charge in [0, 0.05) is 36.1 Å². The Morgan fingerprint density at radius 2 is 1.87 bits per heavy atom. The summed E-state index contributed by atoms with van der Waals surface area (Å²) in [6.07, 6.45) is -1.86. The minimum absolute atomic E-state index is 0.00883. The molecule has 1 aliphatic rings. The van der Waals surface area contributed by atoms with Crippen LogP contribution in [0.1, 0.15) is 54.4 Å². The van der Waals surface area contributed by atoms with E-state index < -0.39 is 17.8 Å². The molecule has 2 heterocycles. The number of nitrogens with one attached hydrogen (secondary N) is 1. The number of nitrogens with zero attached hydrogens (tertiary/aromatic N) is 4. The predicted octanol–water partition coefficient (Wildman–Crippen LogP) is 4.72. The summed E-state index contributed by atoms with van der Waals surface area (Å²) in [5.41, 5.74) is 0.939. The molecule has 0 spiro atoms. The van der Waals surface area contributed by atoms with Crippen molar-refractivity contribution < 1.29 is 18.0 Å². The summed E-state index contributed by atoms with van der Waals surface area (Å²) in [5.74, 6) is -0.538. The summed E-state index contributed by atoms with van der Waals surface area (Å²) in [7, 11) is 0. The second-order valence-electron chi connectivity index (χ2n) is 7.31. The standard InChI is InChI=1S/C21H22F3N5O/c1-3-28(4-2)15-9-7-14(8-10-15)26-20(30)16-12-25-29-18(21(22,23)24)11-17(13-5-6-13)27-19(16)29/h7-13H,3-6H2,1-2H3,(H,26,30). The van der Waals surface area contributed by atoms with Gasteiger partial charge in [-0.1, -0.05) is 0 Å². The van der Waals surface area contributed by atoms with Gasteiger partial charge in [0.05, 0.1) is 6.20 Å². The summed E-state index contributed by atoms with van der Waals surface area (Å²) in [6, 6.07) is 8.35. The molecule has 0 atom stereocenters. The van der Waals surface area contributed by atoms with E-state index in [1.807, 2.05) is 12.1 Å². The Labute approximate surface area is 171 Å². The maximum atomic E-state index is 13.5. The Hall–Kier alpha value is -3.10. The van der Waals surface area contributed by atoms with Crippen LogP contribution in [0.25, 0.3) is 5.65 Å². The number of aromatic nitrogens is 3. The van der Waals surface area contributed by atoms with Crippen molar-refractivity contribution in [1.29, 1.82) is 0 Å². The van der Waals surface area contributed by atoms with E-state index in [4.69, 9.17) is 0 Å². The third-order valence-electron chi connectivity index (χ3n) is 5.28. The lowest BCUT2D eigenvalue weighted by Gasteiger charge is -2.21. The monoisotopic (exact) mass is 417 g/mol. The number of hydrogen-bond acceptors (Lipinski definition) is 4. The smallest absolute Gasteiger partial charge is 0.372 e. The van der Waals surface area contributed by atoms with E-state index in [9.17, 15) is 18.0 Å². The molecule has 6 nitrogen and oxygen atoms in total. The molecular formula is C21H22F3N5O. The first-order valence-corrected chi connectivity index (χ1v) is 9.94. The SMILES string of the molecule is CCN(CC)c1ccc(NC(=O)c2cnn3c(C(F)(F)F)cc(C4CC4)nc23)cc1. The van der Waals surface area contributed by atoms with Crippen molar-refractivity contribution >= 4 is 22.9 Å². The van der Waals surface area contributed by atoms with Gasteiger partial charge in [-0.05, 0) is 57.0 Å². The number of carbonyl (C=O) groups is 1. The highest BCUT2D eigenvalue weighted by Crippen LogP contribution is 2.41. The second kappa shape index (κ2) is 7.62. The molecular weight excluding hydrogens is 395 g/mol. The van der Waals surface area contributed by atoms with Gasteiger partial charge in [-0.2, -0.15) is 18.3 Å². The average molecular weight is 417 g/mol. The summed E-state index contributed by atoms with van der Waals surface area (Å²) in [4.78, 5) is 19.3. The Bertz CT molecular complexity index is 1070. The van der Waals surface area contributed by atoms with Crippen LogP contribution in [-0.2, 0) is 6.18 Å². The van der Waals surface area contributed by atoms with Crippen molar-refractivity contribution in [1.82, 2.24) is 14.6 Å². The van der Waals surface area contributed by atoms with E-state index >= 15 is 0 Å². The van der Waals surface area contributed by atoms with Crippen molar-refractivity contribution in [3.05, 3.63) is 53.5 Å². The second-order valence-corrected chi connectivity index (χ2v) is 7.31. The van der Waals surface area contributed by atoms with Crippen molar-refractivity contribution in [3.63, 3.8) is 0 Å². The Morgan fingerprint density at radius 1 is 1.20 bits per heavy atom. The lowest BCUT2D eigenvalue weighted by atomic mass is 10.2. The van der Waals surface area contributed by atoms with Gasteiger partial charge in [0.15, 0.2) is 5.65 Å². The van der Waals surface area contributed by atoms with Crippen LogP contribution in [0, 0.1) is 0 Å². The van der Waals surface area contributed by atoms with E-state index in [1.54, 1.807) is 12.1 Å². The maximum Gasteiger partial charge on any atom is 0.433 e. The van der Waals surface area contributed by atoms with Gasteiger partial charge in [0.25, 0.3) is 5.91 Å². The van der Waals surface area contributed by atoms with Gasteiger partial charge < -0.3 is 10.2 Å². The van der Waals surface area contributed by atoms with Crippen LogP contribution < -0.4 is 10.2 Å². The average Bonchev–Trinajstić information content (AvgIpc) is 3.47. The normalized spacial score (nSPS) is 14.2. The molecule has 0 saturated heterocycles. The lowest BCUT2D eigenvalue weighted by molar-refractivity contribution is -0.142. The Morgan fingerprint density at radius 3 is 2.43 bits per heavy atom. The minimum atomic E-state index is -4.59. The molecule has 158 valence electrons. The van der Waals surface area contributed by atoms with Crippen LogP contribution in [-0.4, -0.2) is 33.6 Å². The molecule has 0 aliphatic heterocycles. The summed E-state index contributed by atoms with van der Waals surface area (Å²) in [6.45, 7) is 5.84. The van der Waals surface area contributed by atoms with Crippen LogP contribution in [0.4, 0.5) is 24.5 Å². The molecule has 1 N–H and O–H groups in total. The third-order valence-corrected chi connectivity index (χ3v) is 5.28. The third kappa shape index (κ3) is 3.83. The van der Waals surface area contributed by atoms with E-state index in [2.05, 4.69) is 34.1 Å². The van der Waals surface area contributed by atoms with Crippen molar-refractivity contribution in [3.8, 4) is 0 Å². The molecule has 9 heteroatoms. The molecule has 0 bridgehead atoms. The number of amides is 1. The summed E-state index contributed by atoms with van der Waals surface area (Å²) >= 11 is 0. The summed E-state index contributed by atoms with van der Waals surface area (Å²) < 4.78 is 41.2. The van der Waals surface area contributed by atoms with E-state index in [0.29, 0.717) is 15.9 Å². The van der Waals surface area contributed by atoms with E-state index in [0.717, 1.165) is 43.9 Å². The zero-order chi connectivity index (χ0) is 21.5. The van der Waals surface area contributed by atoms with Crippen molar-refractivity contribution in [2.75, 3.05) is 23.3 Å². The number of alkyl halides is 3. The quantitative estimate of drug-likeness (QED) is 0.630. The largest absolute Gasteiger partial charge is 0.433 e. The Kier molecular flexibility index (Phi) is 5.13. The van der Waals surface area contributed by atoms with Gasteiger partial charge in [0.2, 0.25) is 0 Å². The fourth-order valence-electron chi connectivity index (χ4n) is 3.47. The number of halogens is 3. The van der Waals surface area contributed by atoms with Gasteiger partial charge in [-0.3, -0.25) is 4.79 Å². The molecule has 1 aliphatic carbocycles. The van der Waals surface area contributed by atoms with Crippen molar-refractivity contribution in [2.24, 2.45) is 0 Å². The maximum absolute atomic E-state index is 13.5. The zero-order valence-corrected chi connectivity index (χ0v) is 16.7. The minimum Gasteiger partial charge on any atom is -0.372 e. The van der Waals surface area contributed by atoms with Gasteiger partial charge >= 0.3 is 6.18 Å². The molecule has 0 radical (unpaired) electrons. The van der Waals surface area contributed by atoms with Gasteiger partial charge in [-0.15, -0.1) is 0 Å². The highest BCUT2D eigenvalue weighted by molar-refractivity contribution is 6.08. The van der Waals surface area contributed by atoms with Crippen LogP contribution in [0.15, 0.2) is 36.5 Å². The molecule has 1 fully saturated rings. The molecule has 1 aromatic carbocycles. The lowest BCUT2D eigenvalue weighted by Crippen LogP contribution is -2.21. The summed E-state index contributed by atoms with van der Waals surface area (Å²) in [5, 5.41) is 6.52. The first kappa shape index (κ1) is 20.2. The van der Waals surface area contributed by atoms with Gasteiger partial charge in [0.1, 0.15) is 11.3 Å². The number of anilines is 2. The highest BCUT2D eigenvalue weighted by Gasteiger charge is 2.38. The van der Waals surface area contributed by atoms with Crippen LogP contribution in [0.2, 0.25) is 0 Å². The number of carbonyl (C=O) groups excluding carboxylic acids is 1. The topological polar surface area (TPSA) is 62.5 Å².